The van der Waals surface area contributed by atoms with Crippen molar-refractivity contribution in [3.63, 3.8) is 0 Å². The standard InChI is InChI=1S/C9H8BrN3O/c1-11-8-4-5-12-9(13-8)6-2-3-7(10)14-6/h2-5H,1H3,(H,11,12,13). The molecule has 0 spiro atoms. The van der Waals surface area contributed by atoms with E-state index in [4.69, 9.17) is 4.42 Å². The number of aromatic nitrogens is 2. The molecule has 0 unspecified atom stereocenters. The van der Waals surface area contributed by atoms with Gasteiger partial charge in [0, 0.05) is 13.2 Å². The average Bonchev–Trinajstić information content (AvgIpc) is 2.65. The van der Waals surface area contributed by atoms with Crippen LogP contribution in [-0.2, 0) is 0 Å². The first-order chi connectivity index (χ1) is 6.79. The minimum Gasteiger partial charge on any atom is -0.446 e. The first kappa shape index (κ1) is 9.21. The Morgan fingerprint density at radius 2 is 2.21 bits per heavy atom. The van der Waals surface area contributed by atoms with Gasteiger partial charge in [0.15, 0.2) is 16.3 Å². The van der Waals surface area contributed by atoms with Crippen LogP contribution in [0.15, 0.2) is 33.5 Å². The third-order valence-electron chi connectivity index (χ3n) is 1.71. The number of nitrogens with one attached hydrogen (secondary N) is 1. The first-order valence-electron chi connectivity index (χ1n) is 4.06. The molecule has 72 valence electrons. The number of rotatable bonds is 2. The van der Waals surface area contributed by atoms with Crippen molar-refractivity contribution in [2.75, 3.05) is 12.4 Å². The Balaban J connectivity index is 2.41. The molecular weight excluding hydrogens is 246 g/mol. The SMILES string of the molecule is CNc1ccnc(-c2ccc(Br)o2)n1. The van der Waals surface area contributed by atoms with Crippen molar-refractivity contribution in [2.45, 2.75) is 0 Å². The maximum Gasteiger partial charge on any atom is 0.197 e. The minimum absolute atomic E-state index is 0.572. The topological polar surface area (TPSA) is 51.0 Å². The molecule has 2 heterocycles. The zero-order valence-electron chi connectivity index (χ0n) is 7.49. The van der Waals surface area contributed by atoms with Crippen LogP contribution in [0.4, 0.5) is 5.82 Å². The van der Waals surface area contributed by atoms with Gasteiger partial charge in [-0.25, -0.2) is 9.97 Å². The third-order valence-corrected chi connectivity index (χ3v) is 2.13. The van der Waals surface area contributed by atoms with Crippen molar-refractivity contribution in [2.24, 2.45) is 0 Å². The fourth-order valence-electron chi connectivity index (χ4n) is 1.05. The molecular formula is C9H8BrN3O. The average molecular weight is 254 g/mol. The van der Waals surface area contributed by atoms with Crippen LogP contribution in [0.1, 0.15) is 0 Å². The van der Waals surface area contributed by atoms with Crippen LogP contribution in [0.5, 0.6) is 0 Å². The van der Waals surface area contributed by atoms with Crippen molar-refractivity contribution in [3.8, 4) is 11.6 Å². The van der Waals surface area contributed by atoms with Gasteiger partial charge in [-0.05, 0) is 34.1 Å². The van der Waals surface area contributed by atoms with Gasteiger partial charge in [0.2, 0.25) is 0 Å². The molecule has 1 N–H and O–H groups in total. The smallest absolute Gasteiger partial charge is 0.197 e. The molecule has 0 aromatic carbocycles. The van der Waals surface area contributed by atoms with E-state index < -0.39 is 0 Å². The number of anilines is 1. The Kier molecular flexibility index (Phi) is 2.49. The summed E-state index contributed by atoms with van der Waals surface area (Å²) in [6, 6.07) is 5.42. The van der Waals surface area contributed by atoms with Gasteiger partial charge in [-0.1, -0.05) is 0 Å². The summed E-state index contributed by atoms with van der Waals surface area (Å²) < 4.78 is 6.01. The third kappa shape index (κ3) is 1.77. The number of hydrogen-bond donors (Lipinski definition) is 1. The Morgan fingerprint density at radius 3 is 2.86 bits per heavy atom. The highest BCUT2D eigenvalue weighted by Gasteiger charge is 2.06. The van der Waals surface area contributed by atoms with Crippen LogP contribution in [0.2, 0.25) is 0 Å². The molecule has 0 atom stereocenters. The van der Waals surface area contributed by atoms with E-state index >= 15 is 0 Å². The maximum atomic E-state index is 5.33. The van der Waals surface area contributed by atoms with Gasteiger partial charge in [0.25, 0.3) is 0 Å². The molecule has 2 aromatic heterocycles. The molecule has 0 aliphatic heterocycles. The largest absolute Gasteiger partial charge is 0.446 e. The summed E-state index contributed by atoms with van der Waals surface area (Å²) in [7, 11) is 1.81. The Labute approximate surface area is 89.5 Å². The lowest BCUT2D eigenvalue weighted by atomic mass is 10.4. The summed E-state index contributed by atoms with van der Waals surface area (Å²) in [6.07, 6.45) is 1.69. The fraction of sp³-hybridized carbons (Fsp3) is 0.111. The molecule has 0 radical (unpaired) electrons. The lowest BCUT2D eigenvalue weighted by Crippen LogP contribution is -1.94. The van der Waals surface area contributed by atoms with E-state index in [9.17, 15) is 0 Å². The highest BCUT2D eigenvalue weighted by molar-refractivity contribution is 9.10. The number of furan rings is 1. The normalized spacial score (nSPS) is 10.1. The van der Waals surface area contributed by atoms with Gasteiger partial charge in [0.1, 0.15) is 5.82 Å². The van der Waals surface area contributed by atoms with Crippen LogP contribution < -0.4 is 5.32 Å². The molecule has 4 nitrogen and oxygen atoms in total. The van der Waals surface area contributed by atoms with Crippen molar-refractivity contribution in [1.82, 2.24) is 9.97 Å². The van der Waals surface area contributed by atoms with E-state index in [1.54, 1.807) is 12.3 Å². The van der Waals surface area contributed by atoms with E-state index in [0.717, 1.165) is 5.82 Å². The van der Waals surface area contributed by atoms with Crippen LogP contribution in [0, 0.1) is 0 Å². The second-order valence-corrected chi connectivity index (χ2v) is 3.40. The summed E-state index contributed by atoms with van der Waals surface area (Å²) in [6.45, 7) is 0. The highest BCUT2D eigenvalue weighted by Crippen LogP contribution is 2.22. The molecule has 14 heavy (non-hydrogen) atoms. The van der Waals surface area contributed by atoms with E-state index in [-0.39, 0.29) is 0 Å². The molecule has 2 rings (SSSR count). The lowest BCUT2D eigenvalue weighted by Gasteiger charge is -1.99. The summed E-state index contributed by atoms with van der Waals surface area (Å²) in [4.78, 5) is 8.34. The summed E-state index contributed by atoms with van der Waals surface area (Å²) in [5, 5.41) is 2.94. The van der Waals surface area contributed by atoms with Crippen molar-refractivity contribution >= 4 is 21.7 Å². The molecule has 0 bridgehead atoms. The summed E-state index contributed by atoms with van der Waals surface area (Å²) in [5.74, 6) is 1.99. The Hall–Kier alpha value is -1.36. The zero-order valence-corrected chi connectivity index (χ0v) is 9.08. The molecule has 0 amide bonds. The second-order valence-electron chi connectivity index (χ2n) is 2.62. The maximum absolute atomic E-state index is 5.33. The van der Waals surface area contributed by atoms with Gasteiger partial charge < -0.3 is 9.73 Å². The lowest BCUT2D eigenvalue weighted by molar-refractivity contribution is 0.551. The number of hydrogen-bond acceptors (Lipinski definition) is 4. The number of nitrogens with zero attached hydrogens (tertiary/aromatic N) is 2. The minimum atomic E-state index is 0.572. The van der Waals surface area contributed by atoms with Gasteiger partial charge in [-0.3, -0.25) is 0 Å². The van der Waals surface area contributed by atoms with Gasteiger partial charge in [-0.15, -0.1) is 0 Å². The highest BCUT2D eigenvalue weighted by atomic mass is 79.9. The molecule has 0 aliphatic rings. The van der Waals surface area contributed by atoms with E-state index in [1.165, 1.54) is 0 Å². The Bertz CT molecular complexity index is 441. The van der Waals surface area contributed by atoms with E-state index in [1.807, 2.05) is 19.2 Å². The van der Waals surface area contributed by atoms with Gasteiger partial charge in [0.05, 0.1) is 0 Å². The van der Waals surface area contributed by atoms with Crippen molar-refractivity contribution < 1.29 is 4.42 Å². The van der Waals surface area contributed by atoms with Crippen LogP contribution in [0.3, 0.4) is 0 Å². The van der Waals surface area contributed by atoms with Crippen LogP contribution in [0.25, 0.3) is 11.6 Å². The summed E-state index contributed by atoms with van der Waals surface area (Å²) in [5.41, 5.74) is 0. The number of halogens is 1. The van der Waals surface area contributed by atoms with E-state index in [2.05, 4.69) is 31.2 Å². The molecule has 0 saturated carbocycles. The molecule has 0 aliphatic carbocycles. The first-order valence-corrected chi connectivity index (χ1v) is 4.85. The fourth-order valence-corrected chi connectivity index (χ4v) is 1.36. The monoisotopic (exact) mass is 253 g/mol. The summed E-state index contributed by atoms with van der Waals surface area (Å²) >= 11 is 3.23. The zero-order chi connectivity index (χ0) is 9.97. The van der Waals surface area contributed by atoms with Crippen molar-refractivity contribution in [3.05, 3.63) is 29.1 Å². The molecule has 2 aromatic rings. The molecule has 0 saturated heterocycles. The molecule has 0 fully saturated rings. The van der Waals surface area contributed by atoms with Crippen LogP contribution >= 0.6 is 15.9 Å². The van der Waals surface area contributed by atoms with Crippen molar-refractivity contribution in [1.29, 1.82) is 0 Å². The van der Waals surface area contributed by atoms with Gasteiger partial charge in [-0.2, -0.15) is 0 Å². The Morgan fingerprint density at radius 1 is 1.36 bits per heavy atom. The van der Waals surface area contributed by atoms with E-state index in [0.29, 0.717) is 16.3 Å². The van der Waals surface area contributed by atoms with Crippen LogP contribution in [-0.4, -0.2) is 17.0 Å². The molecule has 5 heteroatoms. The second kappa shape index (κ2) is 3.79. The predicted molar refractivity (Wildman–Crippen MR) is 57.0 cm³/mol. The quantitative estimate of drug-likeness (QED) is 0.894. The van der Waals surface area contributed by atoms with Gasteiger partial charge >= 0.3 is 0 Å². The predicted octanol–water partition coefficient (Wildman–Crippen LogP) is 2.54.